The minimum atomic E-state index is -0.991. The fourth-order valence-corrected chi connectivity index (χ4v) is 1.18. The molecular formula is C11H14ClN3O3. The van der Waals surface area contributed by atoms with Crippen molar-refractivity contribution in [1.82, 2.24) is 0 Å². The molecule has 0 bridgehead atoms. The lowest BCUT2D eigenvalue weighted by Crippen LogP contribution is -2.13. The van der Waals surface area contributed by atoms with E-state index in [-0.39, 0.29) is 31.2 Å². The van der Waals surface area contributed by atoms with E-state index in [4.69, 9.17) is 10.9 Å². The second-order valence-corrected chi connectivity index (χ2v) is 3.34. The van der Waals surface area contributed by atoms with Crippen LogP contribution in [0.4, 0.5) is 5.69 Å². The van der Waals surface area contributed by atoms with Gasteiger partial charge in [0, 0.05) is 12.1 Å². The summed E-state index contributed by atoms with van der Waals surface area (Å²) in [4.78, 5) is 21.6. The number of amides is 1. The van der Waals surface area contributed by atoms with E-state index in [9.17, 15) is 9.59 Å². The highest BCUT2D eigenvalue weighted by molar-refractivity contribution is 5.92. The van der Waals surface area contributed by atoms with Crippen molar-refractivity contribution in [3.8, 4) is 0 Å². The summed E-state index contributed by atoms with van der Waals surface area (Å²) in [6.45, 7) is 0. The lowest BCUT2D eigenvalue weighted by atomic mass is 10.2. The highest BCUT2D eigenvalue weighted by atomic mass is 35.5. The smallest absolute Gasteiger partial charge is 0.303 e. The van der Waals surface area contributed by atoms with Crippen molar-refractivity contribution in [1.29, 1.82) is 0 Å². The normalized spacial score (nSPS) is 9.78. The lowest BCUT2D eigenvalue weighted by Gasteiger charge is -2.04. The Morgan fingerprint density at radius 3 is 2.39 bits per heavy atom. The van der Waals surface area contributed by atoms with E-state index in [1.807, 2.05) is 0 Å². The zero-order valence-electron chi connectivity index (χ0n) is 9.50. The van der Waals surface area contributed by atoms with Crippen LogP contribution in [0.2, 0.25) is 0 Å². The standard InChI is InChI=1S/C11H13N3O3.ClH/c12-13-7-8-1-3-9(4-2-8)14-10(15)5-6-11(16)17;/h1-4,7H,5-6,12H2,(H,14,15)(H,16,17);1H/b13-7+;. The Morgan fingerprint density at radius 2 is 1.89 bits per heavy atom. The molecule has 0 atom stereocenters. The molecule has 98 valence electrons. The third kappa shape index (κ3) is 5.86. The Labute approximate surface area is 110 Å². The van der Waals surface area contributed by atoms with Gasteiger partial charge in [-0.25, -0.2) is 0 Å². The van der Waals surface area contributed by atoms with Crippen LogP contribution < -0.4 is 11.2 Å². The third-order valence-electron chi connectivity index (χ3n) is 1.98. The van der Waals surface area contributed by atoms with E-state index in [0.29, 0.717) is 5.69 Å². The first-order chi connectivity index (χ1) is 8.11. The van der Waals surface area contributed by atoms with Gasteiger partial charge in [0.25, 0.3) is 0 Å². The monoisotopic (exact) mass is 271 g/mol. The Bertz CT molecular complexity index is 432. The van der Waals surface area contributed by atoms with Crippen LogP contribution in [-0.2, 0) is 9.59 Å². The van der Waals surface area contributed by atoms with Gasteiger partial charge in [0.15, 0.2) is 0 Å². The number of aliphatic carboxylic acids is 1. The van der Waals surface area contributed by atoms with Crippen LogP contribution in [0.25, 0.3) is 0 Å². The van der Waals surface area contributed by atoms with Crippen LogP contribution >= 0.6 is 12.4 Å². The molecular weight excluding hydrogens is 258 g/mol. The Kier molecular flexibility index (Phi) is 7.14. The highest BCUT2D eigenvalue weighted by Crippen LogP contribution is 2.09. The molecule has 0 aliphatic heterocycles. The Hall–Kier alpha value is -2.08. The first-order valence-corrected chi connectivity index (χ1v) is 4.97. The predicted molar refractivity (Wildman–Crippen MR) is 71.0 cm³/mol. The molecule has 0 fully saturated rings. The van der Waals surface area contributed by atoms with Crippen molar-refractivity contribution in [2.45, 2.75) is 12.8 Å². The molecule has 7 heteroatoms. The summed E-state index contributed by atoms with van der Waals surface area (Å²) in [5.74, 6) is 3.67. The average molecular weight is 272 g/mol. The zero-order valence-corrected chi connectivity index (χ0v) is 10.3. The highest BCUT2D eigenvalue weighted by Gasteiger charge is 2.05. The molecule has 1 amide bonds. The van der Waals surface area contributed by atoms with Gasteiger partial charge in [-0.1, -0.05) is 12.1 Å². The van der Waals surface area contributed by atoms with E-state index in [2.05, 4.69) is 10.4 Å². The topological polar surface area (TPSA) is 105 Å². The number of nitrogens with two attached hydrogens (primary N) is 1. The summed E-state index contributed by atoms with van der Waals surface area (Å²) in [7, 11) is 0. The quantitative estimate of drug-likeness (QED) is 0.425. The SMILES string of the molecule is Cl.N/N=C/c1ccc(NC(=O)CCC(=O)O)cc1. The lowest BCUT2D eigenvalue weighted by molar-refractivity contribution is -0.138. The van der Waals surface area contributed by atoms with Gasteiger partial charge in [0.1, 0.15) is 0 Å². The molecule has 1 rings (SSSR count). The zero-order chi connectivity index (χ0) is 12.7. The number of hydrogen-bond donors (Lipinski definition) is 3. The van der Waals surface area contributed by atoms with Crippen molar-refractivity contribution < 1.29 is 14.7 Å². The van der Waals surface area contributed by atoms with E-state index in [0.717, 1.165) is 5.56 Å². The maximum absolute atomic E-state index is 11.3. The number of hydrogen-bond acceptors (Lipinski definition) is 4. The van der Waals surface area contributed by atoms with Crippen LogP contribution in [0.3, 0.4) is 0 Å². The number of benzene rings is 1. The van der Waals surface area contributed by atoms with Crippen molar-refractivity contribution in [3.63, 3.8) is 0 Å². The summed E-state index contributed by atoms with van der Waals surface area (Å²) in [6.07, 6.45) is 1.27. The average Bonchev–Trinajstić information content (AvgIpc) is 2.29. The molecule has 0 unspecified atom stereocenters. The van der Waals surface area contributed by atoms with E-state index >= 15 is 0 Å². The third-order valence-corrected chi connectivity index (χ3v) is 1.98. The van der Waals surface area contributed by atoms with Gasteiger partial charge in [0.2, 0.25) is 5.91 Å². The molecule has 0 aliphatic carbocycles. The van der Waals surface area contributed by atoms with Gasteiger partial charge in [-0.15, -0.1) is 12.4 Å². The molecule has 0 saturated heterocycles. The number of nitrogens with one attached hydrogen (secondary N) is 1. The van der Waals surface area contributed by atoms with Gasteiger partial charge in [-0.3, -0.25) is 9.59 Å². The van der Waals surface area contributed by atoms with E-state index < -0.39 is 5.97 Å². The van der Waals surface area contributed by atoms with Crippen molar-refractivity contribution in [3.05, 3.63) is 29.8 Å². The Balaban J connectivity index is 0.00000289. The second-order valence-electron chi connectivity index (χ2n) is 3.34. The van der Waals surface area contributed by atoms with Gasteiger partial charge < -0.3 is 16.3 Å². The number of carboxylic acid groups (broad SMARTS) is 1. The number of carboxylic acids is 1. The molecule has 0 saturated carbocycles. The van der Waals surface area contributed by atoms with Gasteiger partial charge in [-0.05, 0) is 17.7 Å². The first-order valence-electron chi connectivity index (χ1n) is 4.97. The van der Waals surface area contributed by atoms with Crippen molar-refractivity contribution >= 4 is 36.2 Å². The second kappa shape index (κ2) is 8.08. The van der Waals surface area contributed by atoms with Crippen LogP contribution in [0, 0.1) is 0 Å². The molecule has 18 heavy (non-hydrogen) atoms. The maximum Gasteiger partial charge on any atom is 0.303 e. The van der Waals surface area contributed by atoms with Gasteiger partial charge in [-0.2, -0.15) is 5.10 Å². The van der Waals surface area contributed by atoms with Gasteiger partial charge >= 0.3 is 5.97 Å². The number of anilines is 1. The molecule has 0 aliphatic rings. The fraction of sp³-hybridized carbons (Fsp3) is 0.182. The predicted octanol–water partition coefficient (Wildman–Crippen LogP) is 1.20. The van der Waals surface area contributed by atoms with Crippen LogP contribution in [0.15, 0.2) is 29.4 Å². The van der Waals surface area contributed by atoms with Crippen LogP contribution in [-0.4, -0.2) is 23.2 Å². The summed E-state index contributed by atoms with van der Waals surface area (Å²) in [6, 6.07) is 6.86. The molecule has 6 nitrogen and oxygen atoms in total. The molecule has 0 heterocycles. The number of carbonyl (C=O) groups is 2. The molecule has 0 radical (unpaired) electrons. The summed E-state index contributed by atoms with van der Waals surface area (Å²) < 4.78 is 0. The van der Waals surface area contributed by atoms with Crippen molar-refractivity contribution in [2.24, 2.45) is 10.9 Å². The number of halogens is 1. The summed E-state index contributed by atoms with van der Waals surface area (Å²) in [5.41, 5.74) is 1.42. The summed E-state index contributed by atoms with van der Waals surface area (Å²) in [5, 5.41) is 14.4. The van der Waals surface area contributed by atoms with Crippen LogP contribution in [0.1, 0.15) is 18.4 Å². The molecule has 1 aromatic rings. The summed E-state index contributed by atoms with van der Waals surface area (Å²) >= 11 is 0. The van der Waals surface area contributed by atoms with Crippen molar-refractivity contribution in [2.75, 3.05) is 5.32 Å². The largest absolute Gasteiger partial charge is 0.481 e. The number of carbonyl (C=O) groups excluding carboxylic acids is 1. The Morgan fingerprint density at radius 1 is 1.28 bits per heavy atom. The number of rotatable bonds is 5. The van der Waals surface area contributed by atoms with E-state index in [1.54, 1.807) is 24.3 Å². The van der Waals surface area contributed by atoms with E-state index in [1.165, 1.54) is 6.21 Å². The van der Waals surface area contributed by atoms with Crippen LogP contribution in [0.5, 0.6) is 0 Å². The molecule has 0 spiro atoms. The molecule has 0 aromatic heterocycles. The van der Waals surface area contributed by atoms with Gasteiger partial charge in [0.05, 0.1) is 12.6 Å². The maximum atomic E-state index is 11.3. The molecule has 4 N–H and O–H groups in total. The number of nitrogens with zero attached hydrogens (tertiary/aromatic N) is 1. The fourth-order valence-electron chi connectivity index (χ4n) is 1.18. The minimum Gasteiger partial charge on any atom is -0.481 e. The minimum absolute atomic E-state index is 0. The number of hydrazone groups is 1. The first kappa shape index (κ1) is 15.9. The molecule has 1 aromatic carbocycles.